The van der Waals surface area contributed by atoms with Gasteiger partial charge in [-0.2, -0.15) is 0 Å². The number of carbonyl (C=O) groups excluding carboxylic acids is 1. The Bertz CT molecular complexity index is 454. The van der Waals surface area contributed by atoms with Gasteiger partial charge in [-0.25, -0.2) is 0 Å². The van der Waals surface area contributed by atoms with Crippen molar-refractivity contribution in [1.29, 1.82) is 0 Å². The van der Waals surface area contributed by atoms with E-state index in [1.807, 2.05) is 30.3 Å². The Kier molecular flexibility index (Phi) is 4.03. The van der Waals surface area contributed by atoms with Crippen LogP contribution < -0.4 is 0 Å². The molecule has 0 spiro atoms. The number of hydrogen-bond acceptors (Lipinski definition) is 4. The molecule has 108 valence electrons. The molecule has 3 heterocycles. The first-order valence-electron chi connectivity index (χ1n) is 7.36. The topological polar surface area (TPSA) is 49.8 Å². The lowest BCUT2D eigenvalue weighted by Crippen LogP contribution is -2.52. The SMILES string of the molecule is O=C(OC1CN2CCC1CC2)[C@H](CO)c1ccccc1. The fraction of sp³-hybridized carbons (Fsp3) is 0.562. The molecule has 1 unspecified atom stereocenters. The zero-order valence-electron chi connectivity index (χ0n) is 11.6. The van der Waals surface area contributed by atoms with Crippen molar-refractivity contribution in [2.45, 2.75) is 24.9 Å². The van der Waals surface area contributed by atoms with Gasteiger partial charge in [-0.05, 0) is 37.4 Å². The van der Waals surface area contributed by atoms with Crippen LogP contribution in [0.3, 0.4) is 0 Å². The highest BCUT2D eigenvalue weighted by Gasteiger charge is 2.37. The number of ether oxygens (including phenoxy) is 1. The van der Waals surface area contributed by atoms with Crippen LogP contribution in [0.25, 0.3) is 0 Å². The third kappa shape index (κ3) is 2.72. The number of fused-ring (bicyclic) bond motifs is 3. The van der Waals surface area contributed by atoms with Crippen molar-refractivity contribution in [3.63, 3.8) is 0 Å². The van der Waals surface area contributed by atoms with Crippen LogP contribution in [0, 0.1) is 5.92 Å². The summed E-state index contributed by atoms with van der Waals surface area (Å²) in [6.45, 7) is 2.90. The third-order valence-corrected chi connectivity index (χ3v) is 4.53. The largest absolute Gasteiger partial charge is 0.460 e. The predicted molar refractivity (Wildman–Crippen MR) is 75.3 cm³/mol. The highest BCUT2D eigenvalue weighted by atomic mass is 16.5. The molecule has 0 amide bonds. The fourth-order valence-electron chi connectivity index (χ4n) is 3.28. The number of aliphatic hydroxyl groups is 1. The normalized spacial score (nSPS) is 29.9. The van der Waals surface area contributed by atoms with Crippen molar-refractivity contribution in [3.8, 4) is 0 Å². The lowest BCUT2D eigenvalue weighted by atomic mass is 9.85. The Morgan fingerprint density at radius 2 is 2.00 bits per heavy atom. The summed E-state index contributed by atoms with van der Waals surface area (Å²) in [6.07, 6.45) is 2.24. The zero-order chi connectivity index (χ0) is 13.9. The van der Waals surface area contributed by atoms with Gasteiger partial charge in [0.05, 0.1) is 6.61 Å². The highest BCUT2D eigenvalue weighted by Crippen LogP contribution is 2.30. The summed E-state index contributed by atoms with van der Waals surface area (Å²) in [5.41, 5.74) is 0.821. The molecule has 1 aromatic carbocycles. The molecule has 3 aliphatic rings. The number of nitrogens with zero attached hydrogens (tertiary/aromatic N) is 1. The third-order valence-electron chi connectivity index (χ3n) is 4.53. The van der Waals surface area contributed by atoms with Crippen molar-refractivity contribution in [2.75, 3.05) is 26.2 Å². The van der Waals surface area contributed by atoms with E-state index >= 15 is 0 Å². The van der Waals surface area contributed by atoms with Crippen molar-refractivity contribution < 1.29 is 14.6 Å². The molecule has 3 fully saturated rings. The molecule has 1 aromatic rings. The lowest BCUT2D eigenvalue weighted by molar-refractivity contribution is -0.161. The molecule has 3 saturated heterocycles. The molecule has 1 N–H and O–H groups in total. The maximum atomic E-state index is 12.3. The van der Waals surface area contributed by atoms with Gasteiger partial charge in [-0.15, -0.1) is 0 Å². The van der Waals surface area contributed by atoms with E-state index in [2.05, 4.69) is 4.90 Å². The average Bonchev–Trinajstić information content (AvgIpc) is 2.50. The van der Waals surface area contributed by atoms with Gasteiger partial charge in [0, 0.05) is 6.54 Å². The number of piperidine rings is 3. The van der Waals surface area contributed by atoms with Crippen LogP contribution in [0.2, 0.25) is 0 Å². The number of benzene rings is 1. The maximum Gasteiger partial charge on any atom is 0.316 e. The van der Waals surface area contributed by atoms with Gasteiger partial charge in [-0.3, -0.25) is 9.69 Å². The number of esters is 1. The van der Waals surface area contributed by atoms with Crippen molar-refractivity contribution in [2.24, 2.45) is 5.92 Å². The summed E-state index contributed by atoms with van der Waals surface area (Å²) in [4.78, 5) is 14.7. The molecule has 4 rings (SSSR count). The second-order valence-corrected chi connectivity index (χ2v) is 5.76. The molecular formula is C16H21NO3. The predicted octanol–water partition coefficient (Wildman–Crippen LogP) is 1.40. The van der Waals surface area contributed by atoms with E-state index in [-0.39, 0.29) is 18.7 Å². The van der Waals surface area contributed by atoms with E-state index in [0.29, 0.717) is 5.92 Å². The summed E-state index contributed by atoms with van der Waals surface area (Å²) < 4.78 is 5.69. The summed E-state index contributed by atoms with van der Waals surface area (Å²) in [5, 5.41) is 9.50. The first kappa shape index (κ1) is 13.6. The van der Waals surface area contributed by atoms with Gasteiger partial charge in [0.15, 0.2) is 0 Å². The molecule has 0 saturated carbocycles. The molecule has 4 nitrogen and oxygen atoms in total. The minimum Gasteiger partial charge on any atom is -0.460 e. The van der Waals surface area contributed by atoms with Crippen LogP contribution >= 0.6 is 0 Å². The minimum atomic E-state index is -0.563. The maximum absolute atomic E-state index is 12.3. The molecule has 0 aliphatic carbocycles. The van der Waals surface area contributed by atoms with Gasteiger partial charge in [-0.1, -0.05) is 30.3 Å². The Morgan fingerprint density at radius 3 is 2.55 bits per heavy atom. The second-order valence-electron chi connectivity index (χ2n) is 5.76. The summed E-state index contributed by atoms with van der Waals surface area (Å²) in [7, 11) is 0. The van der Waals surface area contributed by atoms with Crippen LogP contribution in [0.5, 0.6) is 0 Å². The van der Waals surface area contributed by atoms with Gasteiger partial charge in [0.25, 0.3) is 0 Å². The van der Waals surface area contributed by atoms with Crippen molar-refractivity contribution >= 4 is 5.97 Å². The van der Waals surface area contributed by atoms with Crippen molar-refractivity contribution in [3.05, 3.63) is 35.9 Å². The smallest absolute Gasteiger partial charge is 0.316 e. The monoisotopic (exact) mass is 275 g/mol. The lowest BCUT2D eigenvalue weighted by Gasteiger charge is -2.44. The van der Waals surface area contributed by atoms with E-state index in [9.17, 15) is 9.90 Å². The Balaban J connectivity index is 1.66. The molecule has 3 aliphatic heterocycles. The molecule has 0 aromatic heterocycles. The van der Waals surface area contributed by atoms with E-state index in [4.69, 9.17) is 4.74 Å². The molecule has 20 heavy (non-hydrogen) atoms. The van der Waals surface area contributed by atoms with Crippen LogP contribution in [0.1, 0.15) is 24.3 Å². The number of rotatable bonds is 4. The fourth-order valence-corrected chi connectivity index (χ4v) is 3.28. The zero-order valence-corrected chi connectivity index (χ0v) is 11.6. The van der Waals surface area contributed by atoms with Crippen molar-refractivity contribution in [1.82, 2.24) is 4.90 Å². The average molecular weight is 275 g/mol. The van der Waals surface area contributed by atoms with E-state index in [1.165, 1.54) is 0 Å². The number of hydrogen-bond donors (Lipinski definition) is 1. The molecule has 2 atom stereocenters. The molecule has 2 bridgehead atoms. The Labute approximate surface area is 119 Å². The van der Waals surface area contributed by atoms with E-state index in [0.717, 1.165) is 38.0 Å². The minimum absolute atomic E-state index is 0.00256. The molecule has 0 radical (unpaired) electrons. The van der Waals surface area contributed by atoms with Gasteiger partial charge >= 0.3 is 5.97 Å². The second kappa shape index (κ2) is 5.94. The summed E-state index contributed by atoms with van der Waals surface area (Å²) in [6, 6.07) is 9.37. The van der Waals surface area contributed by atoms with E-state index < -0.39 is 5.92 Å². The molecular weight excluding hydrogens is 254 g/mol. The highest BCUT2D eigenvalue weighted by molar-refractivity contribution is 5.78. The van der Waals surface area contributed by atoms with Gasteiger partial charge in [0.2, 0.25) is 0 Å². The first-order chi connectivity index (χ1) is 9.78. The van der Waals surface area contributed by atoms with Gasteiger partial charge < -0.3 is 9.84 Å². The summed E-state index contributed by atoms with van der Waals surface area (Å²) in [5.74, 6) is -0.358. The molecule has 4 heteroatoms. The Morgan fingerprint density at radius 1 is 1.30 bits per heavy atom. The standard InChI is InChI=1S/C16H21NO3/c18-11-14(12-4-2-1-3-5-12)16(19)20-15-10-17-8-6-13(15)7-9-17/h1-5,13-15,18H,6-11H2/t14-,15?/m1/s1. The number of carbonyl (C=O) groups is 1. The van der Waals surface area contributed by atoms with Crippen LogP contribution in [0.4, 0.5) is 0 Å². The van der Waals surface area contributed by atoms with Crippen LogP contribution in [0.15, 0.2) is 30.3 Å². The Hall–Kier alpha value is -1.39. The van der Waals surface area contributed by atoms with Crippen LogP contribution in [-0.4, -0.2) is 48.3 Å². The van der Waals surface area contributed by atoms with Gasteiger partial charge in [0.1, 0.15) is 12.0 Å². The summed E-state index contributed by atoms with van der Waals surface area (Å²) >= 11 is 0. The van der Waals surface area contributed by atoms with E-state index in [1.54, 1.807) is 0 Å². The number of aliphatic hydroxyl groups excluding tert-OH is 1. The first-order valence-corrected chi connectivity index (χ1v) is 7.36. The quantitative estimate of drug-likeness (QED) is 0.844. The van der Waals surface area contributed by atoms with Crippen LogP contribution in [-0.2, 0) is 9.53 Å².